The Morgan fingerprint density at radius 2 is 2.06 bits per heavy atom. The van der Waals surface area contributed by atoms with E-state index < -0.39 is 24.3 Å². The summed E-state index contributed by atoms with van der Waals surface area (Å²) in [5, 5.41) is 11.7. The Morgan fingerprint density at radius 1 is 1.44 bits per heavy atom. The van der Waals surface area contributed by atoms with Crippen LogP contribution in [0.5, 0.6) is 0 Å². The first-order valence-corrected chi connectivity index (χ1v) is 5.81. The number of benzene rings is 1. The molecule has 18 heavy (non-hydrogen) atoms. The molecule has 0 saturated carbocycles. The third-order valence-electron chi connectivity index (χ3n) is 2.46. The minimum Gasteiger partial charge on any atom is -0.481 e. The number of carboxylic acid groups (broad SMARTS) is 1. The van der Waals surface area contributed by atoms with Crippen LogP contribution in [-0.4, -0.2) is 23.0 Å². The van der Waals surface area contributed by atoms with E-state index in [1.54, 1.807) is 31.2 Å². The molecule has 98 valence electrons. The molecular weight excluding hydrogens is 256 g/mol. The molecule has 1 aromatic carbocycles. The molecule has 0 spiro atoms. The molecule has 0 radical (unpaired) electrons. The van der Waals surface area contributed by atoms with Crippen LogP contribution in [0.2, 0.25) is 5.02 Å². The zero-order chi connectivity index (χ0) is 13.7. The Balaban J connectivity index is 2.65. The standard InChI is InChI=1S/C12H15ClN2O3/c1-7(8-4-2-3-5-9(8)13)15-12(18)10(14)6-11(16)17/h2-5,7,10H,6,14H2,1H3,(H,15,18)(H,16,17)/t7-,10?/m0/s1. The quantitative estimate of drug-likeness (QED) is 0.752. The molecule has 1 rings (SSSR count). The van der Waals surface area contributed by atoms with Gasteiger partial charge in [0.25, 0.3) is 0 Å². The zero-order valence-electron chi connectivity index (χ0n) is 9.89. The number of nitrogens with one attached hydrogen (secondary N) is 1. The second-order valence-corrected chi connectivity index (χ2v) is 4.36. The van der Waals surface area contributed by atoms with Crippen LogP contribution in [0.1, 0.15) is 24.9 Å². The van der Waals surface area contributed by atoms with Gasteiger partial charge >= 0.3 is 5.97 Å². The van der Waals surface area contributed by atoms with Gasteiger partial charge in [-0.15, -0.1) is 0 Å². The molecule has 0 saturated heterocycles. The van der Waals surface area contributed by atoms with Gasteiger partial charge in [0.2, 0.25) is 5.91 Å². The topological polar surface area (TPSA) is 92.4 Å². The fraction of sp³-hybridized carbons (Fsp3) is 0.333. The number of carboxylic acids is 1. The molecule has 0 fully saturated rings. The summed E-state index contributed by atoms with van der Waals surface area (Å²) in [7, 11) is 0. The number of nitrogens with two attached hydrogens (primary N) is 1. The van der Waals surface area contributed by atoms with Crippen LogP contribution in [0, 0.1) is 0 Å². The first-order chi connectivity index (χ1) is 8.41. The molecule has 1 amide bonds. The summed E-state index contributed by atoms with van der Waals surface area (Å²) < 4.78 is 0. The molecule has 1 unspecified atom stereocenters. The molecule has 1 aromatic rings. The molecule has 5 nitrogen and oxygen atoms in total. The van der Waals surface area contributed by atoms with Crippen molar-refractivity contribution in [3.8, 4) is 0 Å². The van der Waals surface area contributed by atoms with Crippen molar-refractivity contribution in [3.05, 3.63) is 34.9 Å². The summed E-state index contributed by atoms with van der Waals surface area (Å²) >= 11 is 5.99. The van der Waals surface area contributed by atoms with E-state index in [9.17, 15) is 9.59 Å². The fourth-order valence-electron chi connectivity index (χ4n) is 1.51. The highest BCUT2D eigenvalue weighted by Gasteiger charge is 2.19. The van der Waals surface area contributed by atoms with Crippen LogP contribution in [0.3, 0.4) is 0 Å². The highest BCUT2D eigenvalue weighted by atomic mass is 35.5. The van der Waals surface area contributed by atoms with Crippen LogP contribution in [0.4, 0.5) is 0 Å². The van der Waals surface area contributed by atoms with Crippen LogP contribution < -0.4 is 11.1 Å². The van der Waals surface area contributed by atoms with Crippen LogP contribution >= 0.6 is 11.6 Å². The normalized spacial score (nSPS) is 13.7. The summed E-state index contributed by atoms with van der Waals surface area (Å²) in [6.07, 6.45) is -0.402. The molecule has 6 heteroatoms. The van der Waals surface area contributed by atoms with Crippen molar-refractivity contribution in [1.82, 2.24) is 5.32 Å². The van der Waals surface area contributed by atoms with E-state index in [0.29, 0.717) is 5.02 Å². The molecule has 2 atom stereocenters. The summed E-state index contributed by atoms with van der Waals surface area (Å²) in [6, 6.07) is 5.71. The van der Waals surface area contributed by atoms with E-state index >= 15 is 0 Å². The zero-order valence-corrected chi connectivity index (χ0v) is 10.6. The van der Waals surface area contributed by atoms with Crippen molar-refractivity contribution >= 4 is 23.5 Å². The predicted molar refractivity (Wildman–Crippen MR) is 68.2 cm³/mol. The van der Waals surface area contributed by atoms with Gasteiger partial charge in [-0.2, -0.15) is 0 Å². The number of hydrogen-bond acceptors (Lipinski definition) is 3. The van der Waals surface area contributed by atoms with Crippen molar-refractivity contribution in [3.63, 3.8) is 0 Å². The van der Waals surface area contributed by atoms with Crippen LogP contribution in [-0.2, 0) is 9.59 Å². The lowest BCUT2D eigenvalue weighted by molar-refractivity contribution is -0.139. The van der Waals surface area contributed by atoms with Gasteiger partial charge in [0.1, 0.15) is 0 Å². The number of hydrogen-bond donors (Lipinski definition) is 3. The maximum atomic E-state index is 11.6. The number of amides is 1. The molecule has 0 aliphatic carbocycles. The Labute approximate surface area is 110 Å². The lowest BCUT2D eigenvalue weighted by Gasteiger charge is -2.18. The molecule has 0 aliphatic heterocycles. The number of aliphatic carboxylic acids is 1. The van der Waals surface area contributed by atoms with Gasteiger partial charge in [-0.05, 0) is 18.6 Å². The largest absolute Gasteiger partial charge is 0.481 e. The van der Waals surface area contributed by atoms with E-state index in [2.05, 4.69) is 5.32 Å². The molecule has 0 aliphatic rings. The van der Waals surface area contributed by atoms with Crippen molar-refractivity contribution in [1.29, 1.82) is 0 Å². The van der Waals surface area contributed by atoms with Gasteiger partial charge in [0.05, 0.1) is 18.5 Å². The Morgan fingerprint density at radius 3 is 2.61 bits per heavy atom. The smallest absolute Gasteiger partial charge is 0.305 e. The van der Waals surface area contributed by atoms with Crippen molar-refractivity contribution in [2.24, 2.45) is 5.73 Å². The van der Waals surface area contributed by atoms with E-state index in [-0.39, 0.29) is 6.04 Å². The summed E-state index contributed by atoms with van der Waals surface area (Å²) in [4.78, 5) is 22.1. The second kappa shape index (κ2) is 6.37. The summed E-state index contributed by atoms with van der Waals surface area (Å²) in [5.74, 6) is -1.62. The fourth-order valence-corrected chi connectivity index (χ4v) is 1.80. The number of carbonyl (C=O) groups is 2. The van der Waals surface area contributed by atoms with Crippen molar-refractivity contribution in [2.75, 3.05) is 0 Å². The van der Waals surface area contributed by atoms with Crippen molar-refractivity contribution in [2.45, 2.75) is 25.4 Å². The minimum absolute atomic E-state index is 0.328. The van der Waals surface area contributed by atoms with Gasteiger partial charge in [-0.1, -0.05) is 29.8 Å². The van der Waals surface area contributed by atoms with Gasteiger partial charge < -0.3 is 16.2 Å². The monoisotopic (exact) mass is 270 g/mol. The lowest BCUT2D eigenvalue weighted by atomic mass is 10.1. The van der Waals surface area contributed by atoms with Gasteiger partial charge in [0, 0.05) is 5.02 Å². The Kier molecular flexibility index (Phi) is 5.12. The molecule has 0 bridgehead atoms. The van der Waals surface area contributed by atoms with Gasteiger partial charge in [0.15, 0.2) is 0 Å². The van der Waals surface area contributed by atoms with E-state index in [4.69, 9.17) is 22.4 Å². The molecule has 0 heterocycles. The second-order valence-electron chi connectivity index (χ2n) is 3.96. The third kappa shape index (κ3) is 4.01. The highest BCUT2D eigenvalue weighted by molar-refractivity contribution is 6.31. The van der Waals surface area contributed by atoms with E-state index in [0.717, 1.165) is 5.56 Å². The third-order valence-corrected chi connectivity index (χ3v) is 2.81. The van der Waals surface area contributed by atoms with Gasteiger partial charge in [-0.3, -0.25) is 9.59 Å². The first kappa shape index (κ1) is 14.5. The average Bonchev–Trinajstić information content (AvgIpc) is 2.28. The number of carbonyl (C=O) groups excluding carboxylic acids is 1. The maximum absolute atomic E-state index is 11.6. The molecule has 4 N–H and O–H groups in total. The average molecular weight is 271 g/mol. The summed E-state index contributed by atoms with van der Waals surface area (Å²) in [6.45, 7) is 1.76. The first-order valence-electron chi connectivity index (χ1n) is 5.44. The minimum atomic E-state index is -1.11. The maximum Gasteiger partial charge on any atom is 0.305 e. The van der Waals surface area contributed by atoms with E-state index in [1.807, 2.05) is 0 Å². The number of rotatable bonds is 5. The van der Waals surface area contributed by atoms with Crippen molar-refractivity contribution < 1.29 is 14.7 Å². The number of halogens is 1. The van der Waals surface area contributed by atoms with E-state index in [1.165, 1.54) is 0 Å². The van der Waals surface area contributed by atoms with Crippen LogP contribution in [0.25, 0.3) is 0 Å². The lowest BCUT2D eigenvalue weighted by Crippen LogP contribution is -2.42. The Bertz CT molecular complexity index is 451. The predicted octanol–water partition coefficient (Wildman–Crippen LogP) is 1.32. The SMILES string of the molecule is C[C@H](NC(=O)C(N)CC(=O)O)c1ccccc1Cl. The Hall–Kier alpha value is -1.59. The summed E-state index contributed by atoms with van der Waals surface area (Å²) in [5.41, 5.74) is 6.22. The molecular formula is C12H15ClN2O3. The van der Waals surface area contributed by atoms with Gasteiger partial charge in [-0.25, -0.2) is 0 Å². The highest BCUT2D eigenvalue weighted by Crippen LogP contribution is 2.22. The molecule has 0 aromatic heterocycles. The van der Waals surface area contributed by atoms with Crippen LogP contribution in [0.15, 0.2) is 24.3 Å².